The lowest BCUT2D eigenvalue weighted by Crippen LogP contribution is -2.34. The molecule has 1 aromatic carbocycles. The van der Waals surface area contributed by atoms with Crippen molar-refractivity contribution >= 4 is 17.6 Å². The summed E-state index contributed by atoms with van der Waals surface area (Å²) in [4.78, 5) is 24.2. The Morgan fingerprint density at radius 1 is 1.41 bits per heavy atom. The van der Waals surface area contributed by atoms with Gasteiger partial charge in [0.2, 0.25) is 0 Å². The molecule has 1 aromatic rings. The number of nitrogens with one attached hydrogen (secondary N) is 1. The number of esters is 1. The van der Waals surface area contributed by atoms with Crippen LogP contribution in [0.1, 0.15) is 42.1 Å². The number of rotatable bonds is 4. The summed E-state index contributed by atoms with van der Waals surface area (Å²) in [7, 11) is 0. The second-order valence-electron chi connectivity index (χ2n) is 5.16. The molecule has 6 heteroatoms. The van der Waals surface area contributed by atoms with Crippen LogP contribution in [-0.4, -0.2) is 31.2 Å². The second-order valence-corrected chi connectivity index (χ2v) is 5.16. The molecule has 5 nitrogen and oxygen atoms in total. The Morgan fingerprint density at radius 3 is 2.82 bits per heavy atom. The van der Waals surface area contributed by atoms with Gasteiger partial charge in [0.05, 0.1) is 17.9 Å². The Bertz CT molecular complexity index is 568. The number of ether oxygens (including phenoxy) is 2. The van der Waals surface area contributed by atoms with E-state index >= 15 is 0 Å². The van der Waals surface area contributed by atoms with Crippen molar-refractivity contribution < 1.29 is 23.5 Å². The van der Waals surface area contributed by atoms with E-state index in [2.05, 4.69) is 5.32 Å². The quantitative estimate of drug-likeness (QED) is 0.869. The van der Waals surface area contributed by atoms with Crippen LogP contribution in [-0.2, 0) is 14.3 Å². The highest BCUT2D eigenvalue weighted by Gasteiger charge is 2.25. The molecule has 1 atom stereocenters. The van der Waals surface area contributed by atoms with Crippen molar-refractivity contribution in [2.45, 2.75) is 39.2 Å². The molecule has 0 aromatic heterocycles. The first-order valence-corrected chi connectivity index (χ1v) is 7.43. The number of benzene rings is 1. The standard InChI is InChI=1S/C16H20FNO4/c1-3-21-16(20)11-7-8-12(17)10(2)14(11)18-15(19)13-6-4-5-9-22-13/h7-8,13H,3-6,9H2,1-2H3,(H,18,19)/t13-/m0/s1. The van der Waals surface area contributed by atoms with Gasteiger partial charge in [-0.15, -0.1) is 0 Å². The van der Waals surface area contributed by atoms with Crippen molar-refractivity contribution in [2.24, 2.45) is 0 Å². The molecule has 0 saturated carbocycles. The summed E-state index contributed by atoms with van der Waals surface area (Å²) in [6.07, 6.45) is 1.89. The Labute approximate surface area is 128 Å². The van der Waals surface area contributed by atoms with E-state index < -0.39 is 17.9 Å². The number of amides is 1. The van der Waals surface area contributed by atoms with Gasteiger partial charge >= 0.3 is 5.97 Å². The van der Waals surface area contributed by atoms with Crippen LogP contribution in [0.15, 0.2) is 12.1 Å². The smallest absolute Gasteiger partial charge is 0.340 e. The summed E-state index contributed by atoms with van der Waals surface area (Å²) < 4.78 is 24.1. The predicted molar refractivity (Wildman–Crippen MR) is 79.3 cm³/mol. The fourth-order valence-electron chi connectivity index (χ4n) is 2.38. The van der Waals surface area contributed by atoms with Crippen molar-refractivity contribution in [3.63, 3.8) is 0 Å². The van der Waals surface area contributed by atoms with E-state index in [-0.39, 0.29) is 29.3 Å². The number of carbonyl (C=O) groups is 2. The van der Waals surface area contributed by atoms with Gasteiger partial charge < -0.3 is 14.8 Å². The van der Waals surface area contributed by atoms with Gasteiger partial charge in [-0.05, 0) is 45.2 Å². The topological polar surface area (TPSA) is 64.6 Å². The minimum Gasteiger partial charge on any atom is -0.462 e. The van der Waals surface area contributed by atoms with Crippen LogP contribution in [0.25, 0.3) is 0 Å². The van der Waals surface area contributed by atoms with Gasteiger partial charge in [-0.3, -0.25) is 4.79 Å². The summed E-state index contributed by atoms with van der Waals surface area (Å²) in [5.41, 5.74) is 0.497. The fraction of sp³-hybridized carbons (Fsp3) is 0.500. The Hall–Kier alpha value is -1.95. The van der Waals surface area contributed by atoms with E-state index in [0.717, 1.165) is 12.8 Å². The van der Waals surface area contributed by atoms with Crippen LogP contribution in [0, 0.1) is 12.7 Å². The summed E-state index contributed by atoms with van der Waals surface area (Å²) in [6.45, 7) is 3.93. The van der Waals surface area contributed by atoms with E-state index in [1.807, 2.05) is 0 Å². The van der Waals surface area contributed by atoms with Crippen molar-refractivity contribution in [1.29, 1.82) is 0 Å². The molecule has 1 amide bonds. The highest BCUT2D eigenvalue weighted by Crippen LogP contribution is 2.25. The Balaban J connectivity index is 2.25. The molecule has 0 spiro atoms. The van der Waals surface area contributed by atoms with Gasteiger partial charge in [-0.25, -0.2) is 9.18 Å². The van der Waals surface area contributed by atoms with E-state index in [1.165, 1.54) is 19.1 Å². The number of carbonyl (C=O) groups excluding carboxylic acids is 2. The van der Waals surface area contributed by atoms with Gasteiger partial charge in [0.25, 0.3) is 5.91 Å². The van der Waals surface area contributed by atoms with E-state index in [4.69, 9.17) is 9.47 Å². The molecular formula is C16H20FNO4. The molecule has 0 unspecified atom stereocenters. The third kappa shape index (κ3) is 3.62. The number of halogens is 1. The second kappa shape index (κ2) is 7.35. The van der Waals surface area contributed by atoms with Crippen LogP contribution in [0.3, 0.4) is 0 Å². The number of anilines is 1. The molecule has 1 fully saturated rings. The van der Waals surface area contributed by atoms with Crippen LogP contribution in [0.2, 0.25) is 0 Å². The highest BCUT2D eigenvalue weighted by molar-refractivity contribution is 6.03. The van der Waals surface area contributed by atoms with E-state index in [9.17, 15) is 14.0 Å². The van der Waals surface area contributed by atoms with E-state index in [0.29, 0.717) is 13.0 Å². The molecule has 0 radical (unpaired) electrons. The zero-order valence-electron chi connectivity index (χ0n) is 12.8. The van der Waals surface area contributed by atoms with Crippen molar-refractivity contribution in [3.8, 4) is 0 Å². The average molecular weight is 309 g/mol. The summed E-state index contributed by atoms with van der Waals surface area (Å²) in [5, 5.41) is 2.62. The Morgan fingerprint density at radius 2 is 2.18 bits per heavy atom. The molecule has 0 aliphatic carbocycles. The van der Waals surface area contributed by atoms with Gasteiger partial charge in [-0.2, -0.15) is 0 Å². The first-order valence-electron chi connectivity index (χ1n) is 7.43. The first kappa shape index (κ1) is 16.4. The SMILES string of the molecule is CCOC(=O)c1ccc(F)c(C)c1NC(=O)[C@@H]1CCCCO1. The number of hydrogen-bond donors (Lipinski definition) is 1. The minimum absolute atomic E-state index is 0.143. The summed E-state index contributed by atoms with van der Waals surface area (Å²) in [5.74, 6) is -1.45. The van der Waals surface area contributed by atoms with Crippen LogP contribution >= 0.6 is 0 Å². The molecule has 1 heterocycles. The van der Waals surface area contributed by atoms with Gasteiger partial charge in [-0.1, -0.05) is 0 Å². The van der Waals surface area contributed by atoms with Crippen molar-refractivity contribution in [2.75, 3.05) is 18.5 Å². The summed E-state index contributed by atoms with van der Waals surface area (Å²) in [6, 6.07) is 2.51. The van der Waals surface area contributed by atoms with Crippen molar-refractivity contribution in [1.82, 2.24) is 0 Å². The molecule has 120 valence electrons. The normalized spacial score (nSPS) is 17.9. The fourth-order valence-corrected chi connectivity index (χ4v) is 2.38. The zero-order valence-corrected chi connectivity index (χ0v) is 12.8. The van der Waals surface area contributed by atoms with Crippen LogP contribution in [0.4, 0.5) is 10.1 Å². The van der Waals surface area contributed by atoms with E-state index in [1.54, 1.807) is 6.92 Å². The van der Waals surface area contributed by atoms with Gasteiger partial charge in [0.1, 0.15) is 11.9 Å². The largest absolute Gasteiger partial charge is 0.462 e. The van der Waals surface area contributed by atoms with Gasteiger partial charge in [0, 0.05) is 12.2 Å². The third-order valence-electron chi connectivity index (χ3n) is 3.61. The van der Waals surface area contributed by atoms with Crippen LogP contribution < -0.4 is 5.32 Å². The maximum atomic E-state index is 13.8. The maximum absolute atomic E-state index is 13.8. The lowest BCUT2D eigenvalue weighted by Gasteiger charge is -2.23. The molecule has 1 aliphatic heterocycles. The van der Waals surface area contributed by atoms with Crippen LogP contribution in [0.5, 0.6) is 0 Å². The minimum atomic E-state index is -0.592. The molecular weight excluding hydrogens is 289 g/mol. The average Bonchev–Trinajstić information content (AvgIpc) is 2.53. The number of hydrogen-bond acceptors (Lipinski definition) is 4. The molecule has 22 heavy (non-hydrogen) atoms. The highest BCUT2D eigenvalue weighted by atomic mass is 19.1. The van der Waals surface area contributed by atoms with Gasteiger partial charge in [0.15, 0.2) is 0 Å². The third-order valence-corrected chi connectivity index (χ3v) is 3.61. The molecule has 1 saturated heterocycles. The zero-order chi connectivity index (χ0) is 16.1. The monoisotopic (exact) mass is 309 g/mol. The molecule has 0 bridgehead atoms. The Kier molecular flexibility index (Phi) is 5.49. The predicted octanol–water partition coefficient (Wildman–Crippen LogP) is 2.82. The molecule has 1 aliphatic rings. The molecule has 2 rings (SSSR count). The molecule has 1 N–H and O–H groups in total. The van der Waals surface area contributed by atoms with Crippen molar-refractivity contribution in [3.05, 3.63) is 29.1 Å². The maximum Gasteiger partial charge on any atom is 0.340 e. The summed E-state index contributed by atoms with van der Waals surface area (Å²) >= 11 is 0. The lowest BCUT2D eigenvalue weighted by molar-refractivity contribution is -0.129. The lowest BCUT2D eigenvalue weighted by atomic mass is 10.1. The first-order chi connectivity index (χ1) is 10.5.